The minimum Gasteiger partial charge on any atom is -0.491 e. The third-order valence-electron chi connectivity index (χ3n) is 4.83. The van der Waals surface area contributed by atoms with E-state index in [0.717, 1.165) is 30.9 Å². The number of ether oxygens (including phenoxy) is 2. The van der Waals surface area contributed by atoms with Gasteiger partial charge in [-0.2, -0.15) is 0 Å². The second kappa shape index (κ2) is 10.3. The highest BCUT2D eigenvalue weighted by Crippen LogP contribution is 2.21. The molecule has 31 heavy (non-hydrogen) atoms. The molecule has 0 aromatic heterocycles. The molecule has 0 saturated carbocycles. The van der Waals surface area contributed by atoms with Gasteiger partial charge in [0.1, 0.15) is 12.4 Å². The summed E-state index contributed by atoms with van der Waals surface area (Å²) in [7, 11) is 0. The average Bonchev–Trinajstić information content (AvgIpc) is 3.24. The number of amides is 2. The summed E-state index contributed by atoms with van der Waals surface area (Å²) >= 11 is 0. The molecule has 0 aliphatic carbocycles. The molecule has 1 saturated heterocycles. The lowest BCUT2D eigenvalue weighted by molar-refractivity contribution is -0.123. The van der Waals surface area contributed by atoms with Crippen molar-refractivity contribution in [2.75, 3.05) is 35.7 Å². The predicted octanol–water partition coefficient (Wildman–Crippen LogP) is 4.28. The van der Waals surface area contributed by atoms with Crippen LogP contribution in [0.25, 0.3) is 0 Å². The van der Waals surface area contributed by atoms with Crippen molar-refractivity contribution in [2.24, 2.45) is 5.41 Å². The van der Waals surface area contributed by atoms with Gasteiger partial charge < -0.3 is 25.4 Å². The van der Waals surface area contributed by atoms with Gasteiger partial charge in [0.15, 0.2) is 0 Å². The van der Waals surface area contributed by atoms with Gasteiger partial charge in [-0.25, -0.2) is 0 Å². The fourth-order valence-electron chi connectivity index (χ4n) is 3.04. The van der Waals surface area contributed by atoms with Gasteiger partial charge in [0, 0.05) is 35.2 Å². The molecule has 1 aliphatic rings. The maximum absolute atomic E-state index is 12.4. The lowest BCUT2D eigenvalue weighted by atomic mass is 9.95. The second-order valence-electron chi connectivity index (χ2n) is 8.66. The quantitative estimate of drug-likeness (QED) is 0.587. The Hall–Kier alpha value is -3.06. The van der Waals surface area contributed by atoms with E-state index in [0.29, 0.717) is 18.0 Å². The zero-order valence-electron chi connectivity index (χ0n) is 18.4. The topological polar surface area (TPSA) is 88.7 Å². The maximum Gasteiger partial charge on any atom is 0.243 e. The van der Waals surface area contributed by atoms with Gasteiger partial charge >= 0.3 is 0 Å². The summed E-state index contributed by atoms with van der Waals surface area (Å²) < 4.78 is 11.4. The Bertz CT molecular complexity index is 902. The smallest absolute Gasteiger partial charge is 0.243 e. The minimum atomic E-state index is -0.494. The fraction of sp³-hybridized carbons (Fsp3) is 0.417. The molecule has 7 heteroatoms. The van der Waals surface area contributed by atoms with Crippen LogP contribution in [-0.2, 0) is 14.3 Å². The summed E-state index contributed by atoms with van der Waals surface area (Å²) in [5.41, 5.74) is 1.56. The third-order valence-corrected chi connectivity index (χ3v) is 4.83. The standard InChI is InChI=1S/C24H31N3O4/c1-24(2,3)23(29)27-19-9-4-8-18(13-19)26-22(28)15-25-17-7-5-10-20(14-17)31-16-21-11-6-12-30-21/h4-5,7-10,13-14,21,25H,6,11-12,15-16H2,1-3H3,(H,26,28)(H,27,29). The molecule has 7 nitrogen and oxygen atoms in total. The van der Waals surface area contributed by atoms with Gasteiger partial charge in [0.2, 0.25) is 11.8 Å². The number of hydrogen-bond acceptors (Lipinski definition) is 5. The van der Waals surface area contributed by atoms with Crippen LogP contribution in [0, 0.1) is 5.41 Å². The van der Waals surface area contributed by atoms with E-state index in [1.54, 1.807) is 24.3 Å². The van der Waals surface area contributed by atoms with Crippen LogP contribution < -0.4 is 20.7 Å². The van der Waals surface area contributed by atoms with Crippen molar-refractivity contribution in [1.82, 2.24) is 0 Å². The fourth-order valence-corrected chi connectivity index (χ4v) is 3.04. The van der Waals surface area contributed by atoms with Crippen LogP contribution in [0.4, 0.5) is 17.1 Å². The Morgan fingerprint density at radius 3 is 2.45 bits per heavy atom. The lowest BCUT2D eigenvalue weighted by Crippen LogP contribution is -2.27. The van der Waals surface area contributed by atoms with Gasteiger partial charge in [-0.15, -0.1) is 0 Å². The minimum absolute atomic E-state index is 0.0840. The second-order valence-corrected chi connectivity index (χ2v) is 8.66. The number of carbonyl (C=O) groups is 2. The number of hydrogen-bond donors (Lipinski definition) is 3. The first kappa shape index (κ1) is 22.6. The van der Waals surface area contributed by atoms with E-state index in [4.69, 9.17) is 9.47 Å². The Morgan fingerprint density at radius 2 is 1.74 bits per heavy atom. The SMILES string of the molecule is CC(C)(C)C(=O)Nc1cccc(NC(=O)CNc2cccc(OCC3CCCO3)c2)c1. The summed E-state index contributed by atoms with van der Waals surface area (Å²) in [6, 6.07) is 14.6. The molecule has 1 aliphatic heterocycles. The van der Waals surface area contributed by atoms with Crippen LogP contribution >= 0.6 is 0 Å². The van der Waals surface area contributed by atoms with Crippen LogP contribution in [0.2, 0.25) is 0 Å². The van der Waals surface area contributed by atoms with E-state index in [9.17, 15) is 9.59 Å². The zero-order valence-corrected chi connectivity index (χ0v) is 18.4. The first-order chi connectivity index (χ1) is 14.8. The van der Waals surface area contributed by atoms with Crippen molar-refractivity contribution in [3.63, 3.8) is 0 Å². The van der Waals surface area contributed by atoms with Crippen LogP contribution in [0.5, 0.6) is 5.75 Å². The van der Waals surface area contributed by atoms with Crippen LogP contribution in [0.15, 0.2) is 48.5 Å². The first-order valence-corrected chi connectivity index (χ1v) is 10.6. The van der Waals surface area contributed by atoms with Crippen molar-refractivity contribution >= 4 is 28.9 Å². The normalized spacial score (nSPS) is 15.9. The number of anilines is 3. The van der Waals surface area contributed by atoms with E-state index in [2.05, 4.69) is 16.0 Å². The van der Waals surface area contributed by atoms with Crippen molar-refractivity contribution < 1.29 is 19.1 Å². The maximum atomic E-state index is 12.4. The molecule has 1 atom stereocenters. The largest absolute Gasteiger partial charge is 0.491 e. The highest BCUT2D eigenvalue weighted by Gasteiger charge is 2.21. The summed E-state index contributed by atoms with van der Waals surface area (Å²) in [5.74, 6) is 0.465. The molecule has 3 rings (SSSR count). The molecule has 2 amide bonds. The number of nitrogens with one attached hydrogen (secondary N) is 3. The molecule has 3 N–H and O–H groups in total. The third kappa shape index (κ3) is 7.29. The zero-order chi connectivity index (χ0) is 22.3. The van der Waals surface area contributed by atoms with Gasteiger partial charge in [0.25, 0.3) is 0 Å². The molecule has 0 bridgehead atoms. The lowest BCUT2D eigenvalue weighted by Gasteiger charge is -2.18. The molecule has 0 spiro atoms. The van der Waals surface area contributed by atoms with Crippen molar-refractivity contribution in [2.45, 2.75) is 39.7 Å². The summed E-state index contributed by atoms with van der Waals surface area (Å²) in [4.78, 5) is 24.5. The van der Waals surface area contributed by atoms with Gasteiger partial charge in [0.05, 0.1) is 12.6 Å². The molecule has 166 valence electrons. The highest BCUT2D eigenvalue weighted by molar-refractivity contribution is 5.97. The van der Waals surface area contributed by atoms with Gasteiger partial charge in [-0.3, -0.25) is 9.59 Å². The molecule has 2 aromatic rings. The molecule has 2 aromatic carbocycles. The Morgan fingerprint density at radius 1 is 1.03 bits per heavy atom. The van der Waals surface area contributed by atoms with E-state index in [1.807, 2.05) is 45.0 Å². The average molecular weight is 426 g/mol. The molecule has 1 unspecified atom stereocenters. The Kier molecular flexibility index (Phi) is 7.52. The van der Waals surface area contributed by atoms with E-state index in [-0.39, 0.29) is 24.5 Å². The monoisotopic (exact) mass is 425 g/mol. The van der Waals surface area contributed by atoms with Crippen LogP contribution in [-0.4, -0.2) is 37.7 Å². The number of rotatable bonds is 8. The van der Waals surface area contributed by atoms with Gasteiger partial charge in [-0.05, 0) is 43.2 Å². The summed E-state index contributed by atoms with van der Waals surface area (Å²) in [6.45, 7) is 6.99. The first-order valence-electron chi connectivity index (χ1n) is 10.6. The molecule has 1 fully saturated rings. The molecule has 1 heterocycles. The molecular weight excluding hydrogens is 394 g/mol. The van der Waals surface area contributed by atoms with Crippen molar-refractivity contribution in [3.05, 3.63) is 48.5 Å². The molecule has 0 radical (unpaired) electrons. The summed E-state index contributed by atoms with van der Waals surface area (Å²) in [6.07, 6.45) is 2.27. The number of carbonyl (C=O) groups excluding carboxylic acids is 2. The highest BCUT2D eigenvalue weighted by atomic mass is 16.5. The van der Waals surface area contributed by atoms with E-state index in [1.165, 1.54) is 0 Å². The van der Waals surface area contributed by atoms with Crippen LogP contribution in [0.3, 0.4) is 0 Å². The Labute approximate surface area is 183 Å². The van der Waals surface area contributed by atoms with E-state index < -0.39 is 5.41 Å². The van der Waals surface area contributed by atoms with Crippen molar-refractivity contribution in [1.29, 1.82) is 0 Å². The summed E-state index contributed by atoms with van der Waals surface area (Å²) in [5, 5.41) is 8.81. The predicted molar refractivity (Wildman–Crippen MR) is 123 cm³/mol. The Balaban J connectivity index is 1.48. The van der Waals surface area contributed by atoms with Gasteiger partial charge in [-0.1, -0.05) is 32.9 Å². The van der Waals surface area contributed by atoms with E-state index >= 15 is 0 Å². The van der Waals surface area contributed by atoms with Crippen LogP contribution in [0.1, 0.15) is 33.6 Å². The van der Waals surface area contributed by atoms with Crippen molar-refractivity contribution in [3.8, 4) is 5.75 Å². The molecular formula is C24H31N3O4. The number of benzene rings is 2.